The first-order valence-corrected chi connectivity index (χ1v) is 8.73. The molecule has 0 fully saturated rings. The number of nitrogens with zero attached hydrogens (tertiary/aromatic N) is 4. The highest BCUT2D eigenvalue weighted by atomic mass is 32.1. The molecule has 4 N–H and O–H groups in total. The number of nitrogens with one attached hydrogen (secondary N) is 4. The summed E-state index contributed by atoms with van der Waals surface area (Å²) in [6.45, 7) is 0. The maximum absolute atomic E-state index is 11.9. The number of urea groups is 2. The standard InChI is InChI=1S/C14H10N8O2S2/c23-13(15-7-4-5-8-11(6-7)21-25-19-8)17-18-14(24)16-9-2-1-3-10-12(9)22-26-20-10/h1-6H,(H2,15,17,23)(H2,16,18,24). The van der Waals surface area contributed by atoms with Crippen LogP contribution in [0.5, 0.6) is 0 Å². The summed E-state index contributed by atoms with van der Waals surface area (Å²) in [5.41, 5.74) is 8.25. The fraction of sp³-hybridized carbons (Fsp3) is 0. The predicted octanol–water partition coefficient (Wildman–Crippen LogP) is 2.55. The van der Waals surface area contributed by atoms with E-state index in [1.54, 1.807) is 36.4 Å². The van der Waals surface area contributed by atoms with E-state index >= 15 is 0 Å². The molecule has 0 unspecified atom stereocenters. The molecule has 4 amide bonds. The zero-order valence-corrected chi connectivity index (χ0v) is 14.5. The average molecular weight is 386 g/mol. The van der Waals surface area contributed by atoms with Crippen LogP contribution in [0.25, 0.3) is 22.1 Å². The largest absolute Gasteiger partial charge is 0.338 e. The van der Waals surface area contributed by atoms with Crippen LogP contribution in [0.2, 0.25) is 0 Å². The summed E-state index contributed by atoms with van der Waals surface area (Å²) in [6.07, 6.45) is 0. The summed E-state index contributed by atoms with van der Waals surface area (Å²) in [4.78, 5) is 23.8. The van der Waals surface area contributed by atoms with Crippen LogP contribution in [-0.2, 0) is 0 Å². The molecule has 26 heavy (non-hydrogen) atoms. The number of aromatic nitrogens is 4. The molecule has 0 bridgehead atoms. The molecule has 0 radical (unpaired) electrons. The van der Waals surface area contributed by atoms with E-state index in [4.69, 9.17) is 0 Å². The summed E-state index contributed by atoms with van der Waals surface area (Å²) in [7, 11) is 0. The molecule has 4 rings (SSSR count). The first-order chi connectivity index (χ1) is 12.7. The van der Waals surface area contributed by atoms with Gasteiger partial charge in [-0.1, -0.05) is 6.07 Å². The van der Waals surface area contributed by atoms with Crippen molar-refractivity contribution in [1.29, 1.82) is 0 Å². The summed E-state index contributed by atoms with van der Waals surface area (Å²) < 4.78 is 16.4. The predicted molar refractivity (Wildman–Crippen MR) is 99.1 cm³/mol. The number of hydrogen-bond donors (Lipinski definition) is 4. The van der Waals surface area contributed by atoms with E-state index in [0.29, 0.717) is 27.9 Å². The second-order valence-corrected chi connectivity index (χ2v) is 6.12. The number of rotatable bonds is 2. The molecule has 10 nitrogen and oxygen atoms in total. The lowest BCUT2D eigenvalue weighted by molar-refractivity contribution is 0.237. The molecule has 0 aliphatic heterocycles. The Morgan fingerprint density at radius 2 is 1.50 bits per heavy atom. The van der Waals surface area contributed by atoms with Crippen molar-refractivity contribution in [2.45, 2.75) is 0 Å². The zero-order valence-electron chi connectivity index (χ0n) is 12.9. The fourth-order valence-corrected chi connectivity index (χ4v) is 3.26. The van der Waals surface area contributed by atoms with Gasteiger partial charge in [-0.2, -0.15) is 17.5 Å². The Bertz CT molecular complexity index is 1110. The van der Waals surface area contributed by atoms with E-state index < -0.39 is 12.1 Å². The van der Waals surface area contributed by atoms with Gasteiger partial charge in [0.1, 0.15) is 22.1 Å². The van der Waals surface area contributed by atoms with Crippen LogP contribution in [0.4, 0.5) is 21.0 Å². The SMILES string of the molecule is O=C(NNC(=O)Nc1cccc2nsnc12)Nc1ccc2nsnc2c1. The number of hydrogen-bond acceptors (Lipinski definition) is 8. The third-order valence-corrected chi connectivity index (χ3v) is 4.43. The lowest BCUT2D eigenvalue weighted by Gasteiger charge is -2.10. The minimum Gasteiger partial charge on any atom is -0.306 e. The summed E-state index contributed by atoms with van der Waals surface area (Å²) in [5, 5.41) is 5.20. The number of fused-ring (bicyclic) bond motifs is 2. The lowest BCUT2D eigenvalue weighted by Crippen LogP contribution is -2.45. The van der Waals surface area contributed by atoms with Gasteiger partial charge in [0.15, 0.2) is 0 Å². The van der Waals surface area contributed by atoms with E-state index in [1.165, 1.54) is 0 Å². The molecular formula is C14H10N8O2S2. The van der Waals surface area contributed by atoms with Crippen molar-refractivity contribution in [2.24, 2.45) is 0 Å². The molecule has 130 valence electrons. The molecule has 0 saturated heterocycles. The minimum atomic E-state index is -0.611. The number of amides is 4. The van der Waals surface area contributed by atoms with Gasteiger partial charge in [-0.3, -0.25) is 0 Å². The van der Waals surface area contributed by atoms with Gasteiger partial charge in [-0.15, -0.1) is 0 Å². The molecule has 2 heterocycles. The molecule has 0 atom stereocenters. The van der Waals surface area contributed by atoms with Crippen LogP contribution in [0.3, 0.4) is 0 Å². The number of anilines is 2. The number of benzene rings is 2. The molecule has 0 aliphatic rings. The van der Waals surface area contributed by atoms with Gasteiger partial charge in [0.05, 0.1) is 29.1 Å². The number of carbonyl (C=O) groups excluding carboxylic acids is 2. The fourth-order valence-electron chi connectivity index (χ4n) is 2.20. The van der Waals surface area contributed by atoms with E-state index in [9.17, 15) is 9.59 Å². The summed E-state index contributed by atoms with van der Waals surface area (Å²) in [5.74, 6) is 0. The number of carbonyl (C=O) groups is 2. The highest BCUT2D eigenvalue weighted by Crippen LogP contribution is 2.20. The van der Waals surface area contributed by atoms with Gasteiger partial charge in [-0.25, -0.2) is 20.4 Å². The van der Waals surface area contributed by atoms with E-state index in [1.807, 2.05) is 0 Å². The number of hydrazine groups is 1. The Morgan fingerprint density at radius 3 is 2.38 bits per heavy atom. The van der Waals surface area contributed by atoms with Crippen molar-refractivity contribution in [1.82, 2.24) is 28.3 Å². The van der Waals surface area contributed by atoms with Crippen LogP contribution < -0.4 is 21.5 Å². The quantitative estimate of drug-likeness (QED) is 0.391. The normalized spacial score (nSPS) is 10.6. The maximum atomic E-state index is 11.9. The van der Waals surface area contributed by atoms with Crippen LogP contribution in [0.1, 0.15) is 0 Å². The molecule has 4 aromatic rings. The van der Waals surface area contributed by atoms with Crippen molar-refractivity contribution in [3.05, 3.63) is 36.4 Å². The molecule has 0 aliphatic carbocycles. The molecular weight excluding hydrogens is 376 g/mol. The summed E-state index contributed by atoms with van der Waals surface area (Å²) >= 11 is 2.15. The molecule has 0 saturated carbocycles. The van der Waals surface area contributed by atoms with Gasteiger partial charge in [0, 0.05) is 5.69 Å². The maximum Gasteiger partial charge on any atom is 0.338 e. The summed E-state index contributed by atoms with van der Waals surface area (Å²) in [6, 6.07) is 9.16. The van der Waals surface area contributed by atoms with E-state index in [-0.39, 0.29) is 0 Å². The topological polar surface area (TPSA) is 134 Å². The van der Waals surface area contributed by atoms with Crippen molar-refractivity contribution >= 4 is 69.0 Å². The van der Waals surface area contributed by atoms with Crippen LogP contribution >= 0.6 is 23.5 Å². The smallest absolute Gasteiger partial charge is 0.306 e. The van der Waals surface area contributed by atoms with Crippen molar-refractivity contribution in [3.63, 3.8) is 0 Å². The van der Waals surface area contributed by atoms with Gasteiger partial charge >= 0.3 is 12.1 Å². The zero-order chi connectivity index (χ0) is 17.9. The molecule has 12 heteroatoms. The first kappa shape index (κ1) is 16.1. The van der Waals surface area contributed by atoms with Gasteiger partial charge in [0.25, 0.3) is 0 Å². The van der Waals surface area contributed by atoms with E-state index in [2.05, 4.69) is 39.0 Å². The monoisotopic (exact) mass is 386 g/mol. The third kappa shape index (κ3) is 3.36. The van der Waals surface area contributed by atoms with Crippen molar-refractivity contribution in [3.8, 4) is 0 Å². The Kier molecular flexibility index (Phi) is 4.25. The van der Waals surface area contributed by atoms with Crippen LogP contribution in [0.15, 0.2) is 36.4 Å². The van der Waals surface area contributed by atoms with Crippen molar-refractivity contribution < 1.29 is 9.59 Å². The minimum absolute atomic E-state index is 0.498. The molecule has 0 spiro atoms. The van der Waals surface area contributed by atoms with Gasteiger partial charge in [-0.05, 0) is 30.3 Å². The van der Waals surface area contributed by atoms with E-state index in [0.717, 1.165) is 29.0 Å². The molecule has 2 aromatic carbocycles. The van der Waals surface area contributed by atoms with Crippen LogP contribution in [-0.4, -0.2) is 29.6 Å². The van der Waals surface area contributed by atoms with Crippen LogP contribution in [0, 0.1) is 0 Å². The second kappa shape index (κ2) is 6.85. The Balaban J connectivity index is 1.33. The van der Waals surface area contributed by atoms with Gasteiger partial charge < -0.3 is 10.6 Å². The Hall–Kier alpha value is -3.38. The van der Waals surface area contributed by atoms with Gasteiger partial charge in [0.2, 0.25) is 0 Å². The Morgan fingerprint density at radius 1 is 0.769 bits per heavy atom. The molecule has 2 aromatic heterocycles. The second-order valence-electron chi connectivity index (χ2n) is 5.06. The Labute approximate surface area is 154 Å². The van der Waals surface area contributed by atoms with Crippen molar-refractivity contribution in [2.75, 3.05) is 10.6 Å². The third-order valence-electron chi connectivity index (χ3n) is 3.34. The lowest BCUT2D eigenvalue weighted by atomic mass is 10.2. The first-order valence-electron chi connectivity index (χ1n) is 7.27. The highest BCUT2D eigenvalue weighted by Gasteiger charge is 2.10. The highest BCUT2D eigenvalue weighted by molar-refractivity contribution is 7.00. The average Bonchev–Trinajstić information content (AvgIpc) is 3.29.